The molecule has 0 saturated carbocycles. The highest BCUT2D eigenvalue weighted by atomic mass is 16.5. The second-order valence-electron chi connectivity index (χ2n) is 7.27. The van der Waals surface area contributed by atoms with Crippen LogP contribution in [0.2, 0.25) is 0 Å². The molecule has 2 N–H and O–H groups in total. The summed E-state index contributed by atoms with van der Waals surface area (Å²) in [7, 11) is 1.68. The van der Waals surface area contributed by atoms with Crippen molar-refractivity contribution < 1.29 is 9.47 Å². The number of hydrogen-bond donors (Lipinski definition) is 1. The molecule has 0 bridgehead atoms. The van der Waals surface area contributed by atoms with Crippen LogP contribution in [-0.4, -0.2) is 54.9 Å². The minimum absolute atomic E-state index is 0.452. The number of hydrogen-bond acceptors (Lipinski definition) is 7. The first-order chi connectivity index (χ1) is 14.7. The Balaban J connectivity index is 1.27. The summed E-state index contributed by atoms with van der Waals surface area (Å²) in [5, 5.41) is 0. The quantitative estimate of drug-likeness (QED) is 0.647. The molecule has 1 aliphatic heterocycles. The van der Waals surface area contributed by atoms with Gasteiger partial charge in [0.1, 0.15) is 11.6 Å². The fraction of sp³-hybridized carbons (Fsp3) is 0.304. The second kappa shape index (κ2) is 9.56. The Morgan fingerprint density at radius 3 is 2.47 bits per heavy atom. The van der Waals surface area contributed by atoms with Crippen molar-refractivity contribution in [2.45, 2.75) is 6.61 Å². The van der Waals surface area contributed by atoms with Gasteiger partial charge in [0.05, 0.1) is 38.0 Å². The Morgan fingerprint density at radius 2 is 1.77 bits per heavy atom. The van der Waals surface area contributed by atoms with Crippen LogP contribution in [0, 0.1) is 0 Å². The van der Waals surface area contributed by atoms with E-state index in [1.54, 1.807) is 7.11 Å². The van der Waals surface area contributed by atoms with Gasteiger partial charge in [-0.25, -0.2) is 4.98 Å². The Labute approximate surface area is 177 Å². The first kappa shape index (κ1) is 20.1. The largest absolute Gasteiger partial charge is 0.496 e. The summed E-state index contributed by atoms with van der Waals surface area (Å²) >= 11 is 0. The lowest BCUT2D eigenvalue weighted by Gasteiger charge is -2.35. The summed E-state index contributed by atoms with van der Waals surface area (Å²) in [6.45, 7) is 4.79. The van der Waals surface area contributed by atoms with Gasteiger partial charge in [-0.2, -0.15) is 0 Å². The predicted molar refractivity (Wildman–Crippen MR) is 118 cm³/mol. The number of rotatable bonds is 7. The number of pyridine rings is 2. The van der Waals surface area contributed by atoms with Crippen LogP contribution < -0.4 is 15.4 Å². The van der Waals surface area contributed by atoms with Crippen LogP contribution in [0.1, 0.15) is 5.69 Å². The van der Waals surface area contributed by atoms with Gasteiger partial charge in [0, 0.05) is 44.0 Å². The molecule has 0 unspecified atom stereocenters. The summed E-state index contributed by atoms with van der Waals surface area (Å²) in [5.74, 6) is 1.35. The number of piperazine rings is 1. The molecule has 2 aromatic heterocycles. The average molecular weight is 406 g/mol. The SMILES string of the molecule is COc1cc(COCN2CCN(c3ccc(N)nc3)CC2)ncc1-c1ccccc1. The van der Waals surface area contributed by atoms with Gasteiger partial charge < -0.3 is 20.1 Å². The number of aromatic nitrogens is 2. The molecule has 7 heteroatoms. The first-order valence-corrected chi connectivity index (χ1v) is 10.1. The van der Waals surface area contributed by atoms with E-state index in [1.165, 1.54) is 0 Å². The molecule has 1 saturated heterocycles. The monoisotopic (exact) mass is 405 g/mol. The number of benzene rings is 1. The first-order valence-electron chi connectivity index (χ1n) is 10.1. The molecule has 4 rings (SSSR count). The van der Waals surface area contributed by atoms with E-state index < -0.39 is 0 Å². The molecule has 0 amide bonds. The normalized spacial score (nSPS) is 14.6. The molecule has 3 aromatic rings. The number of nitrogen functional groups attached to an aromatic ring is 1. The van der Waals surface area contributed by atoms with Gasteiger partial charge in [-0.15, -0.1) is 0 Å². The molecule has 3 heterocycles. The Bertz CT molecular complexity index is 942. The Kier molecular flexibility index (Phi) is 6.41. The van der Waals surface area contributed by atoms with E-state index in [2.05, 4.69) is 31.9 Å². The Hall–Kier alpha value is -3.16. The lowest BCUT2D eigenvalue weighted by molar-refractivity contribution is 0.0147. The van der Waals surface area contributed by atoms with Gasteiger partial charge in [0.15, 0.2) is 0 Å². The van der Waals surface area contributed by atoms with E-state index in [0.717, 1.165) is 54.4 Å². The van der Waals surface area contributed by atoms with Crippen molar-refractivity contribution >= 4 is 11.5 Å². The third-order valence-corrected chi connectivity index (χ3v) is 5.26. The van der Waals surface area contributed by atoms with Gasteiger partial charge in [-0.3, -0.25) is 9.88 Å². The smallest absolute Gasteiger partial charge is 0.130 e. The maximum Gasteiger partial charge on any atom is 0.130 e. The van der Waals surface area contributed by atoms with Crippen molar-refractivity contribution in [3.63, 3.8) is 0 Å². The summed E-state index contributed by atoms with van der Waals surface area (Å²) in [6, 6.07) is 15.9. The zero-order chi connectivity index (χ0) is 20.8. The van der Waals surface area contributed by atoms with Crippen molar-refractivity contribution in [3.8, 4) is 16.9 Å². The number of nitrogens with zero attached hydrogens (tertiary/aromatic N) is 4. The molecule has 1 aromatic carbocycles. The van der Waals surface area contributed by atoms with Crippen LogP contribution in [0.4, 0.5) is 11.5 Å². The van der Waals surface area contributed by atoms with Gasteiger partial charge in [0.2, 0.25) is 0 Å². The summed E-state index contributed by atoms with van der Waals surface area (Å²) < 4.78 is 11.5. The van der Waals surface area contributed by atoms with E-state index in [4.69, 9.17) is 15.2 Å². The van der Waals surface area contributed by atoms with Crippen molar-refractivity contribution in [3.05, 3.63) is 66.6 Å². The highest BCUT2D eigenvalue weighted by Gasteiger charge is 2.17. The number of anilines is 2. The van der Waals surface area contributed by atoms with Crippen LogP contribution in [0.3, 0.4) is 0 Å². The zero-order valence-electron chi connectivity index (χ0n) is 17.2. The number of methoxy groups -OCH3 is 1. The van der Waals surface area contributed by atoms with Crippen molar-refractivity contribution in [2.75, 3.05) is 50.7 Å². The van der Waals surface area contributed by atoms with E-state index in [9.17, 15) is 0 Å². The van der Waals surface area contributed by atoms with Crippen LogP contribution in [-0.2, 0) is 11.3 Å². The molecular formula is C23H27N5O2. The average Bonchev–Trinajstić information content (AvgIpc) is 2.80. The fourth-order valence-corrected chi connectivity index (χ4v) is 3.56. The van der Waals surface area contributed by atoms with Gasteiger partial charge in [-0.1, -0.05) is 30.3 Å². The van der Waals surface area contributed by atoms with Crippen LogP contribution in [0.5, 0.6) is 5.75 Å². The van der Waals surface area contributed by atoms with E-state index >= 15 is 0 Å². The Morgan fingerprint density at radius 1 is 0.967 bits per heavy atom. The molecule has 0 atom stereocenters. The van der Waals surface area contributed by atoms with Gasteiger partial charge in [-0.05, 0) is 17.7 Å². The molecule has 1 aliphatic rings. The van der Waals surface area contributed by atoms with Gasteiger partial charge in [0.25, 0.3) is 0 Å². The lowest BCUT2D eigenvalue weighted by atomic mass is 10.1. The topological polar surface area (TPSA) is 76.7 Å². The fourth-order valence-electron chi connectivity index (χ4n) is 3.56. The number of nitrogens with two attached hydrogens (primary N) is 1. The van der Waals surface area contributed by atoms with E-state index in [0.29, 0.717) is 19.2 Å². The predicted octanol–water partition coefficient (Wildman–Crippen LogP) is 3.03. The van der Waals surface area contributed by atoms with Crippen molar-refractivity contribution in [2.24, 2.45) is 0 Å². The molecule has 0 aliphatic carbocycles. The molecule has 7 nitrogen and oxygen atoms in total. The number of ether oxygens (including phenoxy) is 2. The zero-order valence-corrected chi connectivity index (χ0v) is 17.2. The van der Waals surface area contributed by atoms with Crippen LogP contribution >= 0.6 is 0 Å². The maximum atomic E-state index is 5.92. The third-order valence-electron chi connectivity index (χ3n) is 5.26. The minimum atomic E-state index is 0.452. The standard InChI is InChI=1S/C23H27N5O2/c1-29-22-13-19(25-15-21(22)18-5-3-2-4-6-18)16-30-17-27-9-11-28(12-10-27)20-7-8-23(24)26-14-20/h2-8,13-15H,9-12,16-17H2,1H3,(H2,24,26). The van der Waals surface area contributed by atoms with E-state index in [-0.39, 0.29) is 0 Å². The molecule has 0 spiro atoms. The molecule has 156 valence electrons. The van der Waals surface area contributed by atoms with Crippen molar-refractivity contribution in [1.82, 2.24) is 14.9 Å². The highest BCUT2D eigenvalue weighted by Crippen LogP contribution is 2.29. The summed E-state index contributed by atoms with van der Waals surface area (Å²) in [6.07, 6.45) is 3.69. The second-order valence-corrected chi connectivity index (χ2v) is 7.27. The molecular weight excluding hydrogens is 378 g/mol. The van der Waals surface area contributed by atoms with Crippen molar-refractivity contribution in [1.29, 1.82) is 0 Å². The highest BCUT2D eigenvalue weighted by molar-refractivity contribution is 5.69. The summed E-state index contributed by atoms with van der Waals surface area (Å²) in [5.41, 5.74) is 9.71. The lowest BCUT2D eigenvalue weighted by Crippen LogP contribution is -2.47. The molecule has 1 fully saturated rings. The van der Waals surface area contributed by atoms with Gasteiger partial charge >= 0.3 is 0 Å². The third kappa shape index (κ3) is 4.87. The summed E-state index contributed by atoms with van der Waals surface area (Å²) in [4.78, 5) is 13.4. The maximum absolute atomic E-state index is 5.92. The molecule has 0 radical (unpaired) electrons. The van der Waals surface area contributed by atoms with Crippen LogP contribution in [0.25, 0.3) is 11.1 Å². The van der Waals surface area contributed by atoms with E-state index in [1.807, 2.05) is 48.8 Å². The minimum Gasteiger partial charge on any atom is -0.496 e. The molecule has 30 heavy (non-hydrogen) atoms. The van der Waals surface area contributed by atoms with Crippen LogP contribution in [0.15, 0.2) is 60.9 Å².